The van der Waals surface area contributed by atoms with Crippen molar-refractivity contribution < 1.29 is 19.0 Å². The summed E-state index contributed by atoms with van der Waals surface area (Å²) in [4.78, 5) is 11.5. The van der Waals surface area contributed by atoms with Crippen LogP contribution in [-0.2, 0) is 0 Å². The van der Waals surface area contributed by atoms with Gasteiger partial charge in [0.25, 0.3) is 0 Å². The number of hydrogen-bond acceptors (Lipinski definition) is 5. The van der Waals surface area contributed by atoms with Crippen LogP contribution >= 0.6 is 0 Å². The Kier molecular flexibility index (Phi) is 5.74. The van der Waals surface area contributed by atoms with Gasteiger partial charge in [-0.1, -0.05) is 0 Å². The van der Waals surface area contributed by atoms with Crippen molar-refractivity contribution in [3.8, 4) is 17.2 Å². The van der Waals surface area contributed by atoms with Crippen LogP contribution in [0.1, 0.15) is 0 Å². The molecule has 19 heavy (non-hydrogen) atoms. The molecule has 0 fully saturated rings. The summed E-state index contributed by atoms with van der Waals surface area (Å²) in [6.45, 7) is 0.777. The average molecular weight is 269 g/mol. The summed E-state index contributed by atoms with van der Waals surface area (Å²) in [6.07, 6.45) is 0. The number of carbonyl (C=O) groups excluding carboxylic acids is 1. The maximum absolute atomic E-state index is 11.5. The number of anilines is 1. The highest BCUT2D eigenvalue weighted by atomic mass is 16.5. The zero-order chi connectivity index (χ0) is 14.3. The van der Waals surface area contributed by atoms with Gasteiger partial charge >= 0.3 is 6.03 Å². The van der Waals surface area contributed by atoms with E-state index in [9.17, 15) is 4.79 Å². The minimum Gasteiger partial charge on any atom is -0.493 e. The van der Waals surface area contributed by atoms with Crippen molar-refractivity contribution in [1.29, 1.82) is 0 Å². The molecule has 7 heteroatoms. The highest BCUT2D eigenvalue weighted by Crippen LogP contribution is 2.39. The Bertz CT molecular complexity index is 412. The highest BCUT2D eigenvalue weighted by Gasteiger charge is 2.14. The van der Waals surface area contributed by atoms with Gasteiger partial charge in [-0.2, -0.15) is 0 Å². The summed E-state index contributed by atoms with van der Waals surface area (Å²) in [5.74, 6) is 1.41. The standard InChI is InChI=1S/C12H19N3O4/c1-17-9-6-8(15-12(16)14-5-4-13)7-10(18-2)11(9)19-3/h6-7H,4-5,13H2,1-3H3,(H2,14,15,16). The van der Waals surface area contributed by atoms with E-state index in [4.69, 9.17) is 19.9 Å². The molecule has 106 valence electrons. The second-order valence-electron chi connectivity index (χ2n) is 3.58. The van der Waals surface area contributed by atoms with E-state index in [0.717, 1.165) is 0 Å². The fourth-order valence-corrected chi connectivity index (χ4v) is 1.51. The van der Waals surface area contributed by atoms with Gasteiger partial charge < -0.3 is 30.6 Å². The van der Waals surface area contributed by atoms with Crippen LogP contribution in [0.25, 0.3) is 0 Å². The molecule has 0 atom stereocenters. The van der Waals surface area contributed by atoms with Crippen LogP contribution in [0.4, 0.5) is 10.5 Å². The first-order valence-corrected chi connectivity index (χ1v) is 5.71. The van der Waals surface area contributed by atoms with Crippen molar-refractivity contribution in [3.63, 3.8) is 0 Å². The predicted molar refractivity (Wildman–Crippen MR) is 72.2 cm³/mol. The highest BCUT2D eigenvalue weighted by molar-refractivity contribution is 5.90. The Labute approximate surface area is 112 Å². The number of methoxy groups -OCH3 is 3. The number of nitrogens with one attached hydrogen (secondary N) is 2. The lowest BCUT2D eigenvalue weighted by Crippen LogP contribution is -2.32. The van der Waals surface area contributed by atoms with Gasteiger partial charge in [-0.15, -0.1) is 0 Å². The molecule has 7 nitrogen and oxygen atoms in total. The van der Waals surface area contributed by atoms with Gasteiger partial charge in [0.15, 0.2) is 11.5 Å². The molecule has 0 radical (unpaired) electrons. The maximum Gasteiger partial charge on any atom is 0.319 e. The first-order chi connectivity index (χ1) is 9.15. The minimum atomic E-state index is -0.347. The molecule has 1 rings (SSSR count). The Morgan fingerprint density at radius 3 is 2.16 bits per heavy atom. The van der Waals surface area contributed by atoms with E-state index in [-0.39, 0.29) is 6.03 Å². The predicted octanol–water partition coefficient (Wildman–Crippen LogP) is 0.793. The zero-order valence-corrected chi connectivity index (χ0v) is 11.3. The molecule has 0 aliphatic carbocycles. The number of nitrogens with two attached hydrogens (primary N) is 1. The first-order valence-electron chi connectivity index (χ1n) is 5.71. The van der Waals surface area contributed by atoms with Crippen LogP contribution in [0.5, 0.6) is 17.2 Å². The van der Waals surface area contributed by atoms with Crippen molar-refractivity contribution in [3.05, 3.63) is 12.1 Å². The Morgan fingerprint density at radius 1 is 1.16 bits per heavy atom. The van der Waals surface area contributed by atoms with Crippen LogP contribution < -0.4 is 30.6 Å². The van der Waals surface area contributed by atoms with Crippen molar-refractivity contribution in [2.45, 2.75) is 0 Å². The van der Waals surface area contributed by atoms with Gasteiger partial charge in [0.1, 0.15) is 0 Å². The summed E-state index contributed by atoms with van der Waals surface area (Å²) >= 11 is 0. The second kappa shape index (κ2) is 7.32. The number of amides is 2. The van der Waals surface area contributed by atoms with E-state index in [1.54, 1.807) is 12.1 Å². The number of carbonyl (C=O) groups is 1. The molecule has 0 bridgehead atoms. The molecular weight excluding hydrogens is 250 g/mol. The number of ether oxygens (including phenoxy) is 3. The third-order valence-electron chi connectivity index (χ3n) is 2.35. The number of urea groups is 1. The molecule has 1 aromatic rings. The van der Waals surface area contributed by atoms with E-state index in [1.165, 1.54) is 21.3 Å². The molecule has 0 aliphatic heterocycles. The van der Waals surface area contributed by atoms with Crippen molar-refractivity contribution in [2.24, 2.45) is 5.73 Å². The number of benzene rings is 1. The summed E-state index contributed by atoms with van der Waals surface area (Å²) in [5, 5.41) is 5.25. The quantitative estimate of drug-likeness (QED) is 0.710. The lowest BCUT2D eigenvalue weighted by Gasteiger charge is -2.14. The molecule has 1 aromatic carbocycles. The van der Waals surface area contributed by atoms with Gasteiger partial charge in [-0.05, 0) is 0 Å². The average Bonchev–Trinajstić information content (AvgIpc) is 2.43. The molecule has 0 spiro atoms. The lowest BCUT2D eigenvalue weighted by molar-refractivity contribution is 0.252. The van der Waals surface area contributed by atoms with E-state index in [1.807, 2.05) is 0 Å². The summed E-state index contributed by atoms with van der Waals surface area (Å²) in [7, 11) is 4.53. The van der Waals surface area contributed by atoms with Gasteiger partial charge in [0, 0.05) is 25.2 Å². The fraction of sp³-hybridized carbons (Fsp3) is 0.417. The molecule has 0 aliphatic rings. The van der Waals surface area contributed by atoms with Gasteiger partial charge in [0.05, 0.1) is 27.0 Å². The van der Waals surface area contributed by atoms with Crippen LogP contribution in [-0.4, -0.2) is 40.5 Å². The second-order valence-corrected chi connectivity index (χ2v) is 3.58. The summed E-state index contributed by atoms with van der Waals surface area (Å²) < 4.78 is 15.6. The van der Waals surface area contributed by atoms with Gasteiger partial charge in [0.2, 0.25) is 5.75 Å². The minimum absolute atomic E-state index is 0.347. The number of rotatable bonds is 6. The van der Waals surface area contributed by atoms with Crippen molar-refractivity contribution in [2.75, 3.05) is 39.7 Å². The lowest BCUT2D eigenvalue weighted by atomic mass is 10.2. The molecule has 4 N–H and O–H groups in total. The third kappa shape index (κ3) is 3.92. The van der Waals surface area contributed by atoms with Crippen LogP contribution in [0.3, 0.4) is 0 Å². The van der Waals surface area contributed by atoms with E-state index < -0.39 is 0 Å². The largest absolute Gasteiger partial charge is 0.493 e. The molecule has 0 heterocycles. The Hall–Kier alpha value is -2.15. The van der Waals surface area contributed by atoms with Gasteiger partial charge in [-0.25, -0.2) is 4.79 Å². The summed E-state index contributed by atoms with van der Waals surface area (Å²) in [6, 6.07) is 2.94. The van der Waals surface area contributed by atoms with E-state index in [2.05, 4.69) is 10.6 Å². The molecule has 0 saturated carbocycles. The van der Waals surface area contributed by atoms with E-state index in [0.29, 0.717) is 36.0 Å². The molecule has 0 unspecified atom stereocenters. The molecular formula is C12H19N3O4. The first kappa shape index (κ1) is 14.9. The monoisotopic (exact) mass is 269 g/mol. The maximum atomic E-state index is 11.5. The van der Waals surface area contributed by atoms with Crippen molar-refractivity contribution in [1.82, 2.24) is 5.32 Å². The third-order valence-corrected chi connectivity index (χ3v) is 2.35. The molecule has 0 aromatic heterocycles. The molecule has 2 amide bonds. The molecule has 0 saturated heterocycles. The zero-order valence-electron chi connectivity index (χ0n) is 11.3. The van der Waals surface area contributed by atoms with E-state index >= 15 is 0 Å². The van der Waals surface area contributed by atoms with Crippen LogP contribution in [0, 0.1) is 0 Å². The van der Waals surface area contributed by atoms with Crippen LogP contribution in [0.15, 0.2) is 12.1 Å². The van der Waals surface area contributed by atoms with Gasteiger partial charge in [-0.3, -0.25) is 0 Å². The fourth-order valence-electron chi connectivity index (χ4n) is 1.51. The Balaban J connectivity index is 2.93. The van der Waals surface area contributed by atoms with Crippen molar-refractivity contribution >= 4 is 11.7 Å². The smallest absolute Gasteiger partial charge is 0.319 e. The number of hydrogen-bond donors (Lipinski definition) is 3. The topological polar surface area (TPSA) is 94.8 Å². The normalized spacial score (nSPS) is 9.68. The SMILES string of the molecule is COc1cc(NC(=O)NCCN)cc(OC)c1OC. The Morgan fingerprint density at radius 2 is 1.74 bits per heavy atom. The van der Waals surface area contributed by atoms with Crippen LogP contribution in [0.2, 0.25) is 0 Å². The summed E-state index contributed by atoms with van der Waals surface area (Å²) in [5.41, 5.74) is 5.83.